The van der Waals surface area contributed by atoms with Crippen molar-refractivity contribution in [3.05, 3.63) is 29.8 Å². The van der Waals surface area contributed by atoms with Gasteiger partial charge in [-0.3, -0.25) is 19.3 Å². The number of likely N-dealkylation sites (tertiary alicyclic amines) is 1. The van der Waals surface area contributed by atoms with Gasteiger partial charge in [-0.1, -0.05) is 44.8 Å². The standard InChI is InChI=1S/C22H24Br2N2O3/c1-11-5-7-25(8-6-11)20(27)12-3-2-4-13(9-12)26-21(28)16-14-10-15(17(16)22(26)29)19(24)18(14)23/h2-4,9,11,14-19H,5-8,10H2,1H3/t14-,15-,16-,17-,18+,19+/m1/s1. The minimum Gasteiger partial charge on any atom is -0.339 e. The van der Waals surface area contributed by atoms with Crippen molar-refractivity contribution in [2.45, 2.75) is 35.8 Å². The van der Waals surface area contributed by atoms with Gasteiger partial charge in [0, 0.05) is 28.3 Å². The SMILES string of the molecule is CC1CCN(C(=O)c2cccc(N3C(=O)[C@@H]4[C@H]5C[C@@H]([C@H](Br)[C@H]5Br)[C@H]4C3=O)c2)CC1. The Bertz CT molecular complexity index is 851. The molecule has 2 saturated heterocycles. The molecule has 6 atom stereocenters. The van der Waals surface area contributed by atoms with E-state index in [0.717, 1.165) is 32.4 Å². The molecule has 2 aliphatic carbocycles. The first kappa shape index (κ1) is 19.7. The van der Waals surface area contributed by atoms with E-state index in [2.05, 4.69) is 38.8 Å². The highest BCUT2D eigenvalue weighted by atomic mass is 79.9. The molecule has 0 spiro atoms. The summed E-state index contributed by atoms with van der Waals surface area (Å²) in [6, 6.07) is 7.04. The molecule has 5 rings (SSSR count). The summed E-state index contributed by atoms with van der Waals surface area (Å²) in [7, 11) is 0. The third kappa shape index (κ3) is 2.94. The van der Waals surface area contributed by atoms with Gasteiger partial charge in [0.15, 0.2) is 0 Å². The molecule has 1 aromatic rings. The number of carbonyl (C=O) groups is 3. The fraction of sp³-hybridized carbons (Fsp3) is 0.591. The van der Waals surface area contributed by atoms with Gasteiger partial charge >= 0.3 is 0 Å². The van der Waals surface area contributed by atoms with Crippen LogP contribution in [0.5, 0.6) is 0 Å². The molecule has 1 aromatic carbocycles. The lowest BCUT2D eigenvalue weighted by molar-refractivity contribution is -0.123. The minimum absolute atomic E-state index is 0.0147. The lowest BCUT2D eigenvalue weighted by Gasteiger charge is -2.30. The number of benzene rings is 1. The molecule has 29 heavy (non-hydrogen) atoms. The number of piperidine rings is 1. The van der Waals surface area contributed by atoms with Gasteiger partial charge in [-0.25, -0.2) is 0 Å². The number of halogens is 2. The van der Waals surface area contributed by atoms with Crippen LogP contribution in [0.15, 0.2) is 24.3 Å². The summed E-state index contributed by atoms with van der Waals surface area (Å²) >= 11 is 7.44. The summed E-state index contributed by atoms with van der Waals surface area (Å²) in [6.07, 6.45) is 2.95. The summed E-state index contributed by atoms with van der Waals surface area (Å²) in [5.74, 6) is 0.324. The second-order valence-corrected chi connectivity index (χ2v) is 11.2. The lowest BCUT2D eigenvalue weighted by atomic mass is 9.81. The minimum atomic E-state index is -0.242. The van der Waals surface area contributed by atoms with Crippen LogP contribution in [-0.4, -0.2) is 45.4 Å². The summed E-state index contributed by atoms with van der Waals surface area (Å²) in [6.45, 7) is 3.74. The highest BCUT2D eigenvalue weighted by Gasteiger charge is 2.66. The molecule has 5 nitrogen and oxygen atoms in total. The summed E-state index contributed by atoms with van der Waals surface area (Å²) < 4.78 is 0. The molecule has 0 radical (unpaired) electrons. The second-order valence-electron chi connectivity index (χ2n) is 9.04. The van der Waals surface area contributed by atoms with Crippen LogP contribution in [0.4, 0.5) is 5.69 Å². The number of nitrogens with zero attached hydrogens (tertiary/aromatic N) is 2. The Morgan fingerprint density at radius 3 is 2.17 bits per heavy atom. The predicted octanol–water partition coefficient (Wildman–Crippen LogP) is 3.84. The largest absolute Gasteiger partial charge is 0.339 e. The van der Waals surface area contributed by atoms with E-state index >= 15 is 0 Å². The normalized spacial score (nSPS) is 36.8. The number of hydrogen-bond donors (Lipinski definition) is 0. The number of anilines is 1. The van der Waals surface area contributed by atoms with E-state index in [0.29, 0.717) is 17.2 Å². The van der Waals surface area contributed by atoms with E-state index in [9.17, 15) is 14.4 Å². The van der Waals surface area contributed by atoms with Crippen LogP contribution in [0.25, 0.3) is 0 Å². The average molecular weight is 524 g/mol. The molecule has 4 aliphatic rings. The molecule has 2 saturated carbocycles. The predicted molar refractivity (Wildman–Crippen MR) is 117 cm³/mol. The number of amides is 3. The number of alkyl halides is 2. The van der Waals surface area contributed by atoms with E-state index in [1.807, 2.05) is 4.90 Å². The van der Waals surface area contributed by atoms with Crippen molar-refractivity contribution < 1.29 is 14.4 Å². The summed E-state index contributed by atoms with van der Waals surface area (Å²) in [4.78, 5) is 43.1. The number of fused-ring (bicyclic) bond motifs is 5. The van der Waals surface area contributed by atoms with Gasteiger partial charge in [-0.15, -0.1) is 0 Å². The molecule has 7 heteroatoms. The molecule has 2 heterocycles. The Balaban J connectivity index is 1.41. The first-order valence-electron chi connectivity index (χ1n) is 10.4. The maximum Gasteiger partial charge on any atom is 0.253 e. The molecule has 154 valence electrons. The number of hydrogen-bond acceptors (Lipinski definition) is 3. The van der Waals surface area contributed by atoms with Crippen LogP contribution in [0.1, 0.15) is 36.5 Å². The van der Waals surface area contributed by atoms with Gasteiger partial charge in [0.2, 0.25) is 11.8 Å². The van der Waals surface area contributed by atoms with E-state index in [1.165, 1.54) is 4.90 Å². The van der Waals surface area contributed by atoms with Crippen LogP contribution >= 0.6 is 31.9 Å². The van der Waals surface area contributed by atoms with Crippen molar-refractivity contribution in [3.8, 4) is 0 Å². The van der Waals surface area contributed by atoms with Crippen molar-refractivity contribution in [2.75, 3.05) is 18.0 Å². The van der Waals surface area contributed by atoms with Crippen molar-refractivity contribution in [3.63, 3.8) is 0 Å². The Morgan fingerprint density at radius 1 is 1.00 bits per heavy atom. The zero-order chi connectivity index (χ0) is 20.4. The van der Waals surface area contributed by atoms with E-state index < -0.39 is 0 Å². The number of imide groups is 1. The first-order valence-corrected chi connectivity index (χ1v) is 12.3. The van der Waals surface area contributed by atoms with Gasteiger partial charge in [0.05, 0.1) is 17.5 Å². The fourth-order valence-electron chi connectivity index (χ4n) is 5.78. The Kier molecular flexibility index (Phi) is 4.89. The van der Waals surface area contributed by atoms with E-state index in [-0.39, 0.29) is 51.0 Å². The molecular formula is C22H24Br2N2O3. The van der Waals surface area contributed by atoms with Crippen LogP contribution in [-0.2, 0) is 9.59 Å². The van der Waals surface area contributed by atoms with Crippen molar-refractivity contribution >= 4 is 55.3 Å². The zero-order valence-corrected chi connectivity index (χ0v) is 19.4. The van der Waals surface area contributed by atoms with Crippen LogP contribution < -0.4 is 4.90 Å². The molecule has 4 fully saturated rings. The van der Waals surface area contributed by atoms with Crippen molar-refractivity contribution in [1.29, 1.82) is 0 Å². The molecule has 0 N–H and O–H groups in total. The third-order valence-corrected chi connectivity index (χ3v) is 10.6. The van der Waals surface area contributed by atoms with Crippen LogP contribution in [0, 0.1) is 29.6 Å². The summed E-state index contributed by atoms with van der Waals surface area (Å²) in [5, 5.41) is 0. The van der Waals surface area contributed by atoms with Gasteiger partial charge in [-0.2, -0.15) is 0 Å². The molecule has 3 amide bonds. The van der Waals surface area contributed by atoms with Gasteiger partial charge in [-0.05, 0) is 55.2 Å². The smallest absolute Gasteiger partial charge is 0.253 e. The average Bonchev–Trinajstić information content (AvgIpc) is 3.33. The van der Waals surface area contributed by atoms with E-state index in [1.54, 1.807) is 24.3 Å². The second kappa shape index (κ2) is 7.19. The molecule has 2 bridgehead atoms. The van der Waals surface area contributed by atoms with E-state index in [4.69, 9.17) is 0 Å². The zero-order valence-electron chi connectivity index (χ0n) is 16.3. The van der Waals surface area contributed by atoms with Gasteiger partial charge in [0.25, 0.3) is 5.91 Å². The van der Waals surface area contributed by atoms with Crippen molar-refractivity contribution in [1.82, 2.24) is 4.90 Å². The molecule has 0 unspecified atom stereocenters. The number of rotatable bonds is 2. The maximum absolute atomic E-state index is 13.2. The summed E-state index contributed by atoms with van der Waals surface area (Å²) in [5.41, 5.74) is 1.08. The van der Waals surface area contributed by atoms with Crippen molar-refractivity contribution in [2.24, 2.45) is 29.6 Å². The Hall–Kier alpha value is -1.21. The number of carbonyl (C=O) groups excluding carboxylic acids is 3. The first-order chi connectivity index (χ1) is 13.9. The molecule has 2 aliphatic heterocycles. The maximum atomic E-state index is 13.2. The van der Waals surface area contributed by atoms with Gasteiger partial charge in [0.1, 0.15) is 0 Å². The molecule has 0 aromatic heterocycles. The molecular weight excluding hydrogens is 500 g/mol. The fourth-order valence-corrected chi connectivity index (χ4v) is 7.65. The quantitative estimate of drug-likeness (QED) is 0.437. The van der Waals surface area contributed by atoms with Crippen LogP contribution in [0.3, 0.4) is 0 Å². The van der Waals surface area contributed by atoms with Crippen LogP contribution in [0.2, 0.25) is 0 Å². The lowest BCUT2D eigenvalue weighted by Crippen LogP contribution is -2.38. The van der Waals surface area contributed by atoms with Gasteiger partial charge < -0.3 is 4.90 Å². The monoisotopic (exact) mass is 522 g/mol. The highest BCUT2D eigenvalue weighted by molar-refractivity contribution is 9.12. The third-order valence-electron chi connectivity index (χ3n) is 7.41. The Morgan fingerprint density at radius 2 is 1.59 bits per heavy atom. The topological polar surface area (TPSA) is 57.7 Å². The Labute approximate surface area is 187 Å². The highest BCUT2D eigenvalue weighted by Crippen LogP contribution is 2.60.